The number of ketones is 1. The van der Waals surface area contributed by atoms with E-state index in [1.54, 1.807) is 0 Å². The predicted molar refractivity (Wildman–Crippen MR) is 117 cm³/mol. The summed E-state index contributed by atoms with van der Waals surface area (Å²) in [4.78, 5) is 28.5. The molecule has 1 N–H and O–H groups in total. The number of amides is 1. The lowest BCUT2D eigenvalue weighted by Gasteiger charge is -2.37. The van der Waals surface area contributed by atoms with E-state index in [1.165, 1.54) is 0 Å². The number of rotatable bonds is 2. The minimum atomic E-state index is -0.419. The van der Waals surface area contributed by atoms with Crippen molar-refractivity contribution >= 4 is 23.1 Å². The Labute approximate surface area is 172 Å². The normalized spacial score (nSPS) is 20.5. The van der Waals surface area contributed by atoms with Gasteiger partial charge in [0.25, 0.3) is 0 Å². The van der Waals surface area contributed by atoms with Crippen LogP contribution in [0.5, 0.6) is 0 Å². The summed E-state index contributed by atoms with van der Waals surface area (Å²) in [7, 11) is 0. The Kier molecular flexibility index (Phi) is 4.81. The molecule has 150 valence electrons. The molecule has 0 radical (unpaired) electrons. The summed E-state index contributed by atoms with van der Waals surface area (Å²) >= 11 is 0. The van der Waals surface area contributed by atoms with Crippen LogP contribution < -0.4 is 10.2 Å². The van der Waals surface area contributed by atoms with Crippen LogP contribution in [0.1, 0.15) is 57.2 Å². The van der Waals surface area contributed by atoms with Crippen molar-refractivity contribution in [3.05, 3.63) is 70.9 Å². The van der Waals surface area contributed by atoms with E-state index >= 15 is 0 Å². The van der Waals surface area contributed by atoms with Gasteiger partial charge in [0.05, 0.1) is 17.4 Å². The number of allylic oxidation sites excluding steroid dienone is 1. The average Bonchev–Trinajstić information content (AvgIpc) is 2.81. The number of anilines is 2. The third kappa shape index (κ3) is 3.48. The first-order chi connectivity index (χ1) is 13.8. The molecule has 0 aromatic heterocycles. The largest absolute Gasteiger partial charge is 0.357 e. The molecule has 0 saturated heterocycles. The Hall–Kier alpha value is -2.88. The van der Waals surface area contributed by atoms with Crippen LogP contribution in [0.25, 0.3) is 0 Å². The summed E-state index contributed by atoms with van der Waals surface area (Å²) < 4.78 is 0. The zero-order valence-electron chi connectivity index (χ0n) is 17.6. The minimum absolute atomic E-state index is 0.0104. The third-order valence-corrected chi connectivity index (χ3v) is 5.86. The predicted octanol–water partition coefficient (Wildman–Crippen LogP) is 5.55. The lowest BCUT2D eigenvalue weighted by molar-refractivity contribution is -0.119. The van der Waals surface area contributed by atoms with Gasteiger partial charge in [0.1, 0.15) is 0 Å². The molecule has 0 saturated carbocycles. The van der Waals surface area contributed by atoms with E-state index in [-0.39, 0.29) is 17.1 Å². The molecule has 2 aromatic rings. The van der Waals surface area contributed by atoms with Gasteiger partial charge < -0.3 is 5.32 Å². The summed E-state index contributed by atoms with van der Waals surface area (Å²) in [6.07, 6.45) is 1.64. The highest BCUT2D eigenvalue weighted by Crippen LogP contribution is 2.48. The van der Waals surface area contributed by atoms with Gasteiger partial charge >= 0.3 is 0 Å². The lowest BCUT2D eigenvalue weighted by Crippen LogP contribution is -2.39. The highest BCUT2D eigenvalue weighted by Gasteiger charge is 2.42. The number of nitrogens with zero attached hydrogens (tertiary/aromatic N) is 1. The van der Waals surface area contributed by atoms with Crippen LogP contribution >= 0.6 is 0 Å². The zero-order chi connectivity index (χ0) is 20.8. The second-order valence-corrected chi connectivity index (χ2v) is 8.91. The number of Topliss-reactive ketones (excluding diaryl/α,β-unsaturated/α-hetero) is 1. The third-order valence-electron chi connectivity index (χ3n) is 5.86. The lowest BCUT2D eigenvalue weighted by atomic mass is 9.73. The molecule has 0 spiro atoms. The van der Waals surface area contributed by atoms with Gasteiger partial charge in [0.2, 0.25) is 5.91 Å². The zero-order valence-corrected chi connectivity index (χ0v) is 17.6. The number of aryl methyl sites for hydroxylation is 1. The number of para-hydroxylation sites is 2. The van der Waals surface area contributed by atoms with Crippen LogP contribution in [0.15, 0.2) is 59.8 Å². The Morgan fingerprint density at radius 3 is 2.48 bits per heavy atom. The maximum absolute atomic E-state index is 13.4. The number of fused-ring (bicyclic) bond motifs is 1. The number of nitrogens with one attached hydrogen (secondary N) is 1. The molecule has 4 rings (SSSR count). The maximum Gasteiger partial charge on any atom is 0.227 e. The fourth-order valence-electron chi connectivity index (χ4n) is 4.50. The smallest absolute Gasteiger partial charge is 0.227 e. The summed E-state index contributed by atoms with van der Waals surface area (Å²) in [6, 6.07) is 15.6. The highest BCUT2D eigenvalue weighted by molar-refractivity contribution is 6.06. The molecule has 1 aliphatic heterocycles. The summed E-state index contributed by atoms with van der Waals surface area (Å²) in [6.45, 7) is 8.17. The topological polar surface area (TPSA) is 49.4 Å². The van der Waals surface area contributed by atoms with Gasteiger partial charge in [-0.25, -0.2) is 0 Å². The quantitative estimate of drug-likeness (QED) is 0.734. The van der Waals surface area contributed by atoms with Crippen LogP contribution in [0.3, 0.4) is 0 Å². The highest BCUT2D eigenvalue weighted by atomic mass is 16.2. The van der Waals surface area contributed by atoms with Gasteiger partial charge in [-0.2, -0.15) is 0 Å². The minimum Gasteiger partial charge on any atom is -0.357 e. The van der Waals surface area contributed by atoms with Crippen molar-refractivity contribution in [1.29, 1.82) is 0 Å². The molecular weight excluding hydrogens is 360 g/mol. The van der Waals surface area contributed by atoms with Gasteiger partial charge in [-0.05, 0) is 36.5 Å². The molecule has 0 bridgehead atoms. The fourth-order valence-corrected chi connectivity index (χ4v) is 4.50. The first-order valence-corrected chi connectivity index (χ1v) is 10.3. The number of hydrogen-bond acceptors (Lipinski definition) is 3. The molecule has 2 aliphatic rings. The van der Waals surface area contributed by atoms with Crippen molar-refractivity contribution in [1.82, 2.24) is 0 Å². The van der Waals surface area contributed by atoms with E-state index < -0.39 is 6.04 Å². The summed E-state index contributed by atoms with van der Waals surface area (Å²) in [5.74, 6) is 0.132. The molecule has 0 unspecified atom stereocenters. The van der Waals surface area contributed by atoms with Crippen molar-refractivity contribution in [2.24, 2.45) is 5.41 Å². The number of carbonyl (C=O) groups is 2. The Morgan fingerprint density at radius 2 is 1.79 bits per heavy atom. The van der Waals surface area contributed by atoms with E-state index in [0.717, 1.165) is 40.2 Å². The molecule has 1 atom stereocenters. The molecule has 1 heterocycles. The van der Waals surface area contributed by atoms with Crippen molar-refractivity contribution in [2.75, 3.05) is 10.2 Å². The Morgan fingerprint density at radius 1 is 1.10 bits per heavy atom. The van der Waals surface area contributed by atoms with Crippen LogP contribution in [-0.2, 0) is 9.59 Å². The van der Waals surface area contributed by atoms with Crippen LogP contribution in [-0.4, -0.2) is 11.7 Å². The monoisotopic (exact) mass is 388 g/mol. The summed E-state index contributed by atoms with van der Waals surface area (Å²) in [5.41, 5.74) is 5.38. The first kappa shape index (κ1) is 19.4. The second-order valence-electron chi connectivity index (χ2n) is 8.91. The van der Waals surface area contributed by atoms with Crippen molar-refractivity contribution in [3.63, 3.8) is 0 Å². The van der Waals surface area contributed by atoms with E-state index in [1.807, 2.05) is 67.3 Å². The van der Waals surface area contributed by atoms with E-state index in [4.69, 9.17) is 0 Å². The van der Waals surface area contributed by atoms with Gasteiger partial charge in [0, 0.05) is 24.1 Å². The fraction of sp³-hybridized carbons (Fsp3) is 0.360. The SMILES string of the molecule is CCC(=O)N1c2ccccc2NC2=C(C(=O)CC(C)(C)C2)[C@@H]1c1ccc(C)cc1. The van der Waals surface area contributed by atoms with Gasteiger partial charge in [-0.15, -0.1) is 0 Å². The molecule has 2 aromatic carbocycles. The summed E-state index contributed by atoms with van der Waals surface area (Å²) in [5, 5.41) is 3.53. The maximum atomic E-state index is 13.4. The molecule has 4 nitrogen and oxygen atoms in total. The average molecular weight is 389 g/mol. The van der Waals surface area contributed by atoms with Gasteiger partial charge in [-0.3, -0.25) is 14.5 Å². The van der Waals surface area contributed by atoms with E-state index in [0.29, 0.717) is 12.8 Å². The van der Waals surface area contributed by atoms with Crippen molar-refractivity contribution < 1.29 is 9.59 Å². The molecule has 0 fully saturated rings. The molecule has 1 amide bonds. The molecule has 1 aliphatic carbocycles. The first-order valence-electron chi connectivity index (χ1n) is 10.3. The molecule has 4 heteroatoms. The second kappa shape index (κ2) is 7.18. The van der Waals surface area contributed by atoms with Crippen LogP contribution in [0.4, 0.5) is 11.4 Å². The van der Waals surface area contributed by atoms with Crippen molar-refractivity contribution in [3.8, 4) is 0 Å². The number of carbonyl (C=O) groups excluding carboxylic acids is 2. The van der Waals surface area contributed by atoms with Crippen LogP contribution in [0.2, 0.25) is 0 Å². The molecule has 29 heavy (non-hydrogen) atoms. The van der Waals surface area contributed by atoms with Crippen LogP contribution in [0, 0.1) is 12.3 Å². The van der Waals surface area contributed by atoms with Gasteiger partial charge in [0.15, 0.2) is 5.78 Å². The number of benzene rings is 2. The number of hydrogen-bond donors (Lipinski definition) is 1. The van der Waals surface area contributed by atoms with Crippen molar-refractivity contribution in [2.45, 2.75) is 53.0 Å². The van der Waals surface area contributed by atoms with E-state index in [9.17, 15) is 9.59 Å². The molecular formula is C25H28N2O2. The standard InChI is InChI=1S/C25H28N2O2/c1-5-22(29)27-20-9-7-6-8-18(20)26-19-14-25(3,4)15-21(28)23(19)24(27)17-12-10-16(2)11-13-17/h6-13,24,26H,5,14-15H2,1-4H3/t24-/m0/s1. The Bertz CT molecular complexity index is 1000. The Balaban J connectivity index is 2.00. The van der Waals surface area contributed by atoms with E-state index in [2.05, 4.69) is 19.2 Å². The van der Waals surface area contributed by atoms with Gasteiger partial charge in [-0.1, -0.05) is 62.7 Å².